The maximum Gasteiger partial charge on any atom is 0.266 e. The third-order valence-corrected chi connectivity index (χ3v) is 3.89. The van der Waals surface area contributed by atoms with Gasteiger partial charge in [0, 0.05) is 65.1 Å². The summed E-state index contributed by atoms with van der Waals surface area (Å²) in [6, 6.07) is 2.04. The van der Waals surface area contributed by atoms with E-state index in [2.05, 4.69) is 10.2 Å². The van der Waals surface area contributed by atoms with Crippen molar-refractivity contribution >= 4 is 5.91 Å². The predicted molar refractivity (Wildman–Crippen MR) is 78.2 cm³/mol. The topological polar surface area (TPSA) is 82.8 Å². The summed E-state index contributed by atoms with van der Waals surface area (Å²) in [6.07, 6.45) is 1.70. The van der Waals surface area contributed by atoms with Gasteiger partial charge in [0.25, 0.3) is 5.91 Å². The van der Waals surface area contributed by atoms with E-state index in [0.29, 0.717) is 19.6 Å². The Kier molecular flexibility index (Phi) is 5.99. The van der Waals surface area contributed by atoms with Gasteiger partial charge in [0.1, 0.15) is 11.6 Å². The van der Waals surface area contributed by atoms with Crippen molar-refractivity contribution in [1.82, 2.24) is 20.0 Å². The number of rotatable bonds is 4. The molecule has 0 aromatic carbocycles. The molecule has 0 aliphatic carbocycles. The van der Waals surface area contributed by atoms with E-state index in [1.54, 1.807) is 11.1 Å². The van der Waals surface area contributed by atoms with E-state index in [0.717, 1.165) is 39.3 Å². The first-order chi connectivity index (χ1) is 10.2. The summed E-state index contributed by atoms with van der Waals surface area (Å²) < 4.78 is 0. The molecule has 0 atom stereocenters. The molecule has 1 amide bonds. The zero-order valence-corrected chi connectivity index (χ0v) is 12.3. The summed E-state index contributed by atoms with van der Waals surface area (Å²) in [4.78, 5) is 18.2. The Morgan fingerprint density at radius 1 is 1.19 bits per heavy atom. The molecule has 2 rings (SSSR count). The lowest BCUT2D eigenvalue weighted by atomic mass is 10.2. The molecule has 2 aliphatic heterocycles. The van der Waals surface area contributed by atoms with Gasteiger partial charge in [0.2, 0.25) is 0 Å². The molecule has 0 aromatic heterocycles. The van der Waals surface area contributed by atoms with Crippen LogP contribution in [-0.2, 0) is 4.79 Å². The number of nitriles is 1. The zero-order valence-electron chi connectivity index (χ0n) is 12.3. The third-order valence-electron chi connectivity index (χ3n) is 3.89. The number of piperazine rings is 2. The third kappa shape index (κ3) is 4.43. The molecular formula is C14H23N5O2. The summed E-state index contributed by atoms with van der Waals surface area (Å²) in [5.41, 5.74) is 0.215. The van der Waals surface area contributed by atoms with E-state index < -0.39 is 0 Å². The monoisotopic (exact) mass is 293 g/mol. The van der Waals surface area contributed by atoms with Gasteiger partial charge >= 0.3 is 0 Å². The van der Waals surface area contributed by atoms with Crippen molar-refractivity contribution in [2.45, 2.75) is 0 Å². The molecule has 7 heteroatoms. The summed E-state index contributed by atoms with van der Waals surface area (Å²) >= 11 is 0. The molecule has 2 heterocycles. The highest BCUT2D eigenvalue weighted by molar-refractivity contribution is 5.97. The maximum atomic E-state index is 12.3. The SMILES string of the molecule is N#C/C(=C/N1CCN(CCO)CC1)C(=O)N1CCNCC1. The van der Waals surface area contributed by atoms with Crippen molar-refractivity contribution in [3.8, 4) is 6.07 Å². The molecule has 21 heavy (non-hydrogen) atoms. The standard InChI is InChI=1S/C14H23N5O2/c15-11-13(14(21)19-3-1-16-2-4-19)12-18-7-5-17(6-8-18)9-10-20/h12,16,20H,1-10H2/b13-12-. The molecule has 0 aromatic rings. The first-order valence-corrected chi connectivity index (χ1v) is 7.44. The van der Waals surface area contributed by atoms with Gasteiger partial charge in [-0.05, 0) is 0 Å². The van der Waals surface area contributed by atoms with Crippen LogP contribution in [0.15, 0.2) is 11.8 Å². The van der Waals surface area contributed by atoms with Crippen molar-refractivity contribution in [1.29, 1.82) is 5.26 Å². The largest absolute Gasteiger partial charge is 0.395 e. The molecule has 0 radical (unpaired) electrons. The van der Waals surface area contributed by atoms with E-state index in [-0.39, 0.29) is 18.1 Å². The molecule has 2 N–H and O–H groups in total. The van der Waals surface area contributed by atoms with E-state index >= 15 is 0 Å². The average Bonchev–Trinajstić information content (AvgIpc) is 2.54. The molecule has 2 fully saturated rings. The summed E-state index contributed by atoms with van der Waals surface area (Å²) in [7, 11) is 0. The van der Waals surface area contributed by atoms with E-state index in [1.807, 2.05) is 11.0 Å². The number of aliphatic hydroxyl groups excluding tert-OH is 1. The highest BCUT2D eigenvalue weighted by atomic mass is 16.3. The minimum absolute atomic E-state index is 0.167. The first kappa shape index (κ1) is 15.8. The van der Waals surface area contributed by atoms with Crippen LogP contribution in [-0.4, -0.2) is 91.2 Å². The van der Waals surface area contributed by atoms with Crippen LogP contribution in [0.1, 0.15) is 0 Å². The Balaban J connectivity index is 1.91. The molecule has 0 unspecified atom stereocenters. The fraction of sp³-hybridized carbons (Fsp3) is 0.714. The number of aliphatic hydroxyl groups is 1. The zero-order chi connectivity index (χ0) is 15.1. The van der Waals surface area contributed by atoms with E-state index in [4.69, 9.17) is 5.11 Å². The van der Waals surface area contributed by atoms with E-state index in [9.17, 15) is 10.1 Å². The Bertz CT molecular complexity index is 418. The minimum atomic E-state index is -0.170. The van der Waals surface area contributed by atoms with Gasteiger partial charge in [-0.1, -0.05) is 0 Å². The van der Waals surface area contributed by atoms with E-state index in [1.165, 1.54) is 0 Å². The number of carbonyl (C=O) groups excluding carboxylic acids is 1. The normalized spacial score (nSPS) is 21.2. The van der Waals surface area contributed by atoms with Gasteiger partial charge in [-0.25, -0.2) is 0 Å². The van der Waals surface area contributed by atoms with Crippen LogP contribution in [0.5, 0.6) is 0 Å². The Labute approximate surface area is 125 Å². The first-order valence-electron chi connectivity index (χ1n) is 7.44. The number of nitrogens with one attached hydrogen (secondary N) is 1. The van der Waals surface area contributed by atoms with Crippen LogP contribution >= 0.6 is 0 Å². The van der Waals surface area contributed by atoms with Crippen molar-refractivity contribution < 1.29 is 9.90 Å². The van der Waals surface area contributed by atoms with Gasteiger partial charge in [-0.15, -0.1) is 0 Å². The second kappa shape index (κ2) is 7.98. The molecule has 0 bridgehead atoms. The fourth-order valence-corrected chi connectivity index (χ4v) is 2.61. The van der Waals surface area contributed by atoms with Crippen molar-refractivity contribution in [2.75, 3.05) is 65.5 Å². The van der Waals surface area contributed by atoms with Crippen LogP contribution in [0.25, 0.3) is 0 Å². The average molecular weight is 293 g/mol. The van der Waals surface area contributed by atoms with Crippen LogP contribution < -0.4 is 5.32 Å². The summed E-state index contributed by atoms with van der Waals surface area (Å²) in [5.74, 6) is -0.170. The number of amides is 1. The van der Waals surface area contributed by atoms with Crippen molar-refractivity contribution in [3.63, 3.8) is 0 Å². The van der Waals surface area contributed by atoms with Gasteiger partial charge in [0.15, 0.2) is 0 Å². The molecular weight excluding hydrogens is 270 g/mol. The molecule has 7 nitrogen and oxygen atoms in total. The molecule has 2 saturated heterocycles. The second-order valence-electron chi connectivity index (χ2n) is 5.30. The minimum Gasteiger partial charge on any atom is -0.395 e. The number of hydrogen-bond acceptors (Lipinski definition) is 6. The van der Waals surface area contributed by atoms with Crippen molar-refractivity contribution in [2.24, 2.45) is 0 Å². The lowest BCUT2D eigenvalue weighted by Crippen LogP contribution is -2.47. The second-order valence-corrected chi connectivity index (χ2v) is 5.30. The Morgan fingerprint density at radius 3 is 2.43 bits per heavy atom. The molecule has 2 aliphatic rings. The molecule has 0 saturated carbocycles. The van der Waals surface area contributed by atoms with Gasteiger partial charge in [-0.2, -0.15) is 5.26 Å². The van der Waals surface area contributed by atoms with Crippen molar-refractivity contribution in [3.05, 3.63) is 11.8 Å². The van der Waals surface area contributed by atoms with Crippen LogP contribution in [0.2, 0.25) is 0 Å². The maximum absolute atomic E-state index is 12.3. The predicted octanol–water partition coefficient (Wildman–Crippen LogP) is -1.56. The highest BCUT2D eigenvalue weighted by Gasteiger charge is 2.22. The fourth-order valence-electron chi connectivity index (χ4n) is 2.61. The highest BCUT2D eigenvalue weighted by Crippen LogP contribution is 2.08. The van der Waals surface area contributed by atoms with Gasteiger partial charge < -0.3 is 20.2 Å². The summed E-state index contributed by atoms with van der Waals surface area (Å²) in [5, 5.41) is 21.4. The number of nitrogens with zero attached hydrogens (tertiary/aromatic N) is 4. The number of carbonyl (C=O) groups is 1. The van der Waals surface area contributed by atoms with Gasteiger partial charge in [-0.3, -0.25) is 9.69 Å². The smallest absolute Gasteiger partial charge is 0.266 e. The molecule has 0 spiro atoms. The van der Waals surface area contributed by atoms with Gasteiger partial charge in [0.05, 0.1) is 6.61 Å². The quantitative estimate of drug-likeness (QED) is 0.482. The van der Waals surface area contributed by atoms with Crippen LogP contribution in [0, 0.1) is 11.3 Å². The number of hydrogen-bond donors (Lipinski definition) is 2. The van der Waals surface area contributed by atoms with Crippen LogP contribution in [0.4, 0.5) is 0 Å². The number of β-amino-alcohol motifs (C(OH)–C–C–N with tert-alkyl or cyclic N) is 1. The molecule has 116 valence electrons. The Morgan fingerprint density at radius 2 is 1.86 bits per heavy atom. The Hall–Kier alpha value is -1.62. The summed E-state index contributed by atoms with van der Waals surface area (Å²) in [6.45, 7) is 6.97. The lowest BCUT2D eigenvalue weighted by Gasteiger charge is -2.34. The lowest BCUT2D eigenvalue weighted by molar-refractivity contribution is -0.127. The van der Waals surface area contributed by atoms with Crippen LogP contribution in [0.3, 0.4) is 0 Å².